The molecule has 0 radical (unpaired) electrons. The van der Waals surface area contributed by atoms with Crippen LogP contribution in [-0.2, 0) is 9.59 Å². The molecule has 0 aromatic rings. The zero-order valence-electron chi connectivity index (χ0n) is 5.02. The van der Waals surface area contributed by atoms with Crippen LogP contribution in [0.5, 0.6) is 0 Å². The Morgan fingerprint density at radius 1 is 1.10 bits per heavy atom. The van der Waals surface area contributed by atoms with Gasteiger partial charge in [-0.1, -0.05) is 0 Å². The number of halogens is 2. The first kappa shape index (κ1) is 7.94. The molecule has 5 heteroatoms. The largest absolute Gasteiger partial charge is 0.277 e. The quantitative estimate of drug-likeness (QED) is 0.615. The van der Waals surface area contributed by atoms with E-state index in [2.05, 4.69) is 31.9 Å². The smallest absolute Gasteiger partial charge is 0.268 e. The van der Waals surface area contributed by atoms with Crippen molar-refractivity contribution in [1.29, 1.82) is 0 Å². The molecular formula is C5H3Br2NO2. The Labute approximate surface area is 74.3 Å². The molecule has 0 saturated carbocycles. The van der Waals surface area contributed by atoms with Crippen LogP contribution in [0.4, 0.5) is 0 Å². The van der Waals surface area contributed by atoms with Crippen LogP contribution in [0.15, 0.2) is 8.96 Å². The maximum atomic E-state index is 10.9. The summed E-state index contributed by atoms with van der Waals surface area (Å²) in [6.45, 7) is 0. The van der Waals surface area contributed by atoms with Gasteiger partial charge in [-0.15, -0.1) is 0 Å². The molecule has 0 atom stereocenters. The van der Waals surface area contributed by atoms with Crippen LogP contribution in [-0.4, -0.2) is 23.8 Å². The van der Waals surface area contributed by atoms with Gasteiger partial charge in [0.1, 0.15) is 8.96 Å². The van der Waals surface area contributed by atoms with Crippen molar-refractivity contribution in [1.82, 2.24) is 4.90 Å². The predicted octanol–water partition coefficient (Wildman–Crippen LogP) is 0.986. The lowest BCUT2D eigenvalue weighted by atomic mass is 10.6. The van der Waals surface area contributed by atoms with E-state index >= 15 is 0 Å². The maximum Gasteiger partial charge on any atom is 0.268 e. The third kappa shape index (κ3) is 0.932. The summed E-state index contributed by atoms with van der Waals surface area (Å²) in [6, 6.07) is 0. The SMILES string of the molecule is CN1C(=O)C(Br)=C(Br)C1=O. The van der Waals surface area contributed by atoms with E-state index in [1.807, 2.05) is 0 Å². The van der Waals surface area contributed by atoms with E-state index in [0.717, 1.165) is 4.90 Å². The Morgan fingerprint density at radius 3 is 1.50 bits per heavy atom. The Balaban J connectivity index is 3.11. The summed E-state index contributed by atoms with van der Waals surface area (Å²) in [6.07, 6.45) is 0. The summed E-state index contributed by atoms with van der Waals surface area (Å²) >= 11 is 5.94. The molecule has 10 heavy (non-hydrogen) atoms. The van der Waals surface area contributed by atoms with E-state index in [-0.39, 0.29) is 11.8 Å². The fraction of sp³-hybridized carbons (Fsp3) is 0.200. The lowest BCUT2D eigenvalue weighted by Crippen LogP contribution is -2.25. The molecule has 1 heterocycles. The standard InChI is InChI=1S/C5H3Br2NO2/c1-8-4(9)2(6)3(7)5(8)10/h1H3. The highest BCUT2D eigenvalue weighted by molar-refractivity contribution is 9.14. The topological polar surface area (TPSA) is 37.4 Å². The highest BCUT2D eigenvalue weighted by Gasteiger charge is 2.32. The number of carbonyl (C=O) groups is 2. The molecule has 0 N–H and O–H groups in total. The van der Waals surface area contributed by atoms with Crippen molar-refractivity contribution in [2.24, 2.45) is 0 Å². The van der Waals surface area contributed by atoms with Gasteiger partial charge in [0.05, 0.1) is 0 Å². The van der Waals surface area contributed by atoms with Crippen LogP contribution < -0.4 is 0 Å². The number of rotatable bonds is 0. The number of carbonyl (C=O) groups excluding carboxylic acids is 2. The second-order valence-electron chi connectivity index (χ2n) is 1.80. The van der Waals surface area contributed by atoms with Crippen molar-refractivity contribution in [3.05, 3.63) is 8.96 Å². The van der Waals surface area contributed by atoms with Gasteiger partial charge in [-0.3, -0.25) is 14.5 Å². The number of hydrogen-bond acceptors (Lipinski definition) is 2. The molecule has 0 unspecified atom stereocenters. The fourth-order valence-corrected chi connectivity index (χ4v) is 1.45. The Hall–Kier alpha value is -0.160. The van der Waals surface area contributed by atoms with Crippen molar-refractivity contribution in [2.75, 3.05) is 7.05 Å². The minimum absolute atomic E-state index is 0.292. The highest BCUT2D eigenvalue weighted by Crippen LogP contribution is 2.27. The number of hydrogen-bond donors (Lipinski definition) is 0. The maximum absolute atomic E-state index is 10.9. The van der Waals surface area contributed by atoms with Crippen LogP contribution in [0, 0.1) is 0 Å². The Bertz CT molecular complexity index is 222. The molecule has 1 aliphatic heterocycles. The van der Waals surface area contributed by atoms with E-state index in [0.29, 0.717) is 8.96 Å². The second-order valence-corrected chi connectivity index (χ2v) is 3.38. The van der Waals surface area contributed by atoms with Gasteiger partial charge < -0.3 is 0 Å². The third-order valence-corrected chi connectivity index (χ3v) is 3.18. The zero-order chi connectivity index (χ0) is 7.89. The molecule has 0 aromatic heterocycles. The van der Waals surface area contributed by atoms with E-state index in [1.165, 1.54) is 7.05 Å². The van der Waals surface area contributed by atoms with Crippen LogP contribution >= 0.6 is 31.9 Å². The summed E-state index contributed by atoms with van der Waals surface area (Å²) < 4.78 is 0.583. The highest BCUT2D eigenvalue weighted by atomic mass is 79.9. The van der Waals surface area contributed by atoms with Gasteiger partial charge in [0.25, 0.3) is 11.8 Å². The van der Waals surface area contributed by atoms with Gasteiger partial charge in [0.15, 0.2) is 0 Å². The Morgan fingerprint density at radius 2 is 1.40 bits per heavy atom. The second kappa shape index (κ2) is 2.47. The summed E-state index contributed by atoms with van der Waals surface area (Å²) in [5, 5.41) is 0. The van der Waals surface area contributed by atoms with Crippen LogP contribution in [0.25, 0.3) is 0 Å². The lowest BCUT2D eigenvalue weighted by Gasteiger charge is -2.03. The molecule has 2 amide bonds. The first-order chi connectivity index (χ1) is 4.55. The van der Waals surface area contributed by atoms with Gasteiger partial charge >= 0.3 is 0 Å². The van der Waals surface area contributed by atoms with E-state index in [4.69, 9.17) is 0 Å². The molecular weight excluding hydrogens is 266 g/mol. The van der Waals surface area contributed by atoms with Crippen LogP contribution in [0.3, 0.4) is 0 Å². The van der Waals surface area contributed by atoms with Crippen molar-refractivity contribution in [3.8, 4) is 0 Å². The van der Waals surface area contributed by atoms with Gasteiger partial charge in [-0.25, -0.2) is 0 Å². The third-order valence-electron chi connectivity index (χ3n) is 1.18. The van der Waals surface area contributed by atoms with E-state index in [9.17, 15) is 9.59 Å². The Kier molecular flexibility index (Phi) is 1.96. The zero-order valence-corrected chi connectivity index (χ0v) is 8.19. The number of amides is 2. The van der Waals surface area contributed by atoms with Gasteiger partial charge in [0.2, 0.25) is 0 Å². The normalized spacial score (nSPS) is 19.3. The molecule has 0 aliphatic carbocycles. The van der Waals surface area contributed by atoms with Gasteiger partial charge in [-0.05, 0) is 31.9 Å². The summed E-state index contributed by atoms with van der Waals surface area (Å²) in [7, 11) is 1.43. The number of nitrogens with zero attached hydrogens (tertiary/aromatic N) is 1. The van der Waals surface area contributed by atoms with Gasteiger partial charge in [-0.2, -0.15) is 0 Å². The van der Waals surface area contributed by atoms with Crippen LogP contribution in [0.1, 0.15) is 0 Å². The van der Waals surface area contributed by atoms with Crippen molar-refractivity contribution < 1.29 is 9.59 Å². The molecule has 3 nitrogen and oxygen atoms in total. The van der Waals surface area contributed by atoms with Crippen molar-refractivity contribution in [2.45, 2.75) is 0 Å². The first-order valence-electron chi connectivity index (χ1n) is 2.43. The van der Waals surface area contributed by atoms with Crippen LogP contribution in [0.2, 0.25) is 0 Å². The number of imide groups is 1. The molecule has 54 valence electrons. The number of likely N-dealkylation sites (N-methyl/N-ethyl adjacent to an activating group) is 1. The molecule has 1 rings (SSSR count). The van der Waals surface area contributed by atoms with E-state index < -0.39 is 0 Å². The van der Waals surface area contributed by atoms with Gasteiger partial charge in [0, 0.05) is 7.05 Å². The summed E-state index contributed by atoms with van der Waals surface area (Å²) in [4.78, 5) is 22.8. The first-order valence-corrected chi connectivity index (χ1v) is 4.02. The summed E-state index contributed by atoms with van der Waals surface area (Å²) in [5.74, 6) is -0.617. The predicted molar refractivity (Wildman–Crippen MR) is 42.7 cm³/mol. The average molecular weight is 269 g/mol. The molecule has 0 fully saturated rings. The minimum Gasteiger partial charge on any atom is -0.277 e. The fourth-order valence-electron chi connectivity index (χ4n) is 0.574. The average Bonchev–Trinajstić information content (AvgIpc) is 2.07. The van der Waals surface area contributed by atoms with Crippen molar-refractivity contribution in [3.63, 3.8) is 0 Å². The van der Waals surface area contributed by atoms with Crippen molar-refractivity contribution >= 4 is 43.7 Å². The lowest BCUT2D eigenvalue weighted by molar-refractivity contribution is -0.135. The van der Waals surface area contributed by atoms with E-state index in [1.54, 1.807) is 0 Å². The summed E-state index contributed by atoms with van der Waals surface area (Å²) in [5.41, 5.74) is 0. The minimum atomic E-state index is -0.308. The molecule has 1 aliphatic rings. The molecule has 0 saturated heterocycles. The monoisotopic (exact) mass is 267 g/mol. The molecule has 0 spiro atoms. The molecule has 0 aromatic carbocycles. The molecule has 0 bridgehead atoms.